The topological polar surface area (TPSA) is 95.1 Å². The summed E-state index contributed by atoms with van der Waals surface area (Å²) in [6.45, 7) is 2.24. The van der Waals surface area contributed by atoms with Gasteiger partial charge in [-0.3, -0.25) is 15.0 Å². The summed E-state index contributed by atoms with van der Waals surface area (Å²) in [5.41, 5.74) is -0.378. The van der Waals surface area contributed by atoms with Crippen LogP contribution in [0.25, 0.3) is 0 Å². The normalized spacial score (nSPS) is 25.1. The first-order valence-corrected chi connectivity index (χ1v) is 7.25. The van der Waals surface area contributed by atoms with Crippen molar-refractivity contribution in [3.8, 4) is 6.07 Å². The molecule has 110 valence electrons. The molecule has 0 aromatic carbocycles. The van der Waals surface area contributed by atoms with Crippen molar-refractivity contribution in [3.63, 3.8) is 0 Å². The lowest BCUT2D eigenvalue weighted by molar-refractivity contribution is -0.385. The van der Waals surface area contributed by atoms with E-state index in [1.54, 1.807) is 12.1 Å². The number of nitro groups is 1. The first-order chi connectivity index (χ1) is 10.2. The molecule has 0 aliphatic carbocycles. The van der Waals surface area contributed by atoms with Crippen LogP contribution >= 0.6 is 0 Å². The SMILES string of the molecule is N#Cc1nc(NC2CCN3CCCCC23)ccc1[N+](=O)[O-]. The highest BCUT2D eigenvalue weighted by Gasteiger charge is 2.35. The summed E-state index contributed by atoms with van der Waals surface area (Å²) in [4.78, 5) is 16.8. The summed E-state index contributed by atoms with van der Waals surface area (Å²) in [7, 11) is 0. The molecule has 1 N–H and O–H groups in total. The second kappa shape index (κ2) is 5.66. The Balaban J connectivity index is 1.76. The number of hydrogen-bond acceptors (Lipinski definition) is 6. The number of aromatic nitrogens is 1. The Morgan fingerprint density at radius 2 is 2.24 bits per heavy atom. The number of nitrogens with one attached hydrogen (secondary N) is 1. The molecular weight excluding hydrogens is 270 g/mol. The van der Waals surface area contributed by atoms with Crippen LogP contribution in [0.15, 0.2) is 12.1 Å². The molecule has 0 bridgehead atoms. The minimum atomic E-state index is -0.576. The van der Waals surface area contributed by atoms with Gasteiger partial charge in [-0.1, -0.05) is 6.42 Å². The van der Waals surface area contributed by atoms with Crippen LogP contribution in [0.3, 0.4) is 0 Å². The molecule has 2 saturated heterocycles. The smallest absolute Gasteiger partial charge is 0.305 e. The predicted octanol–water partition coefficient (Wildman–Crippen LogP) is 1.90. The Labute approximate surface area is 122 Å². The van der Waals surface area contributed by atoms with Gasteiger partial charge in [-0.2, -0.15) is 5.26 Å². The molecule has 1 aromatic heterocycles. The van der Waals surface area contributed by atoms with Crippen molar-refractivity contribution in [1.82, 2.24) is 9.88 Å². The van der Waals surface area contributed by atoms with E-state index in [4.69, 9.17) is 5.26 Å². The Morgan fingerprint density at radius 3 is 3.00 bits per heavy atom. The zero-order valence-electron chi connectivity index (χ0n) is 11.7. The molecule has 2 aliphatic rings. The highest BCUT2D eigenvalue weighted by Crippen LogP contribution is 2.29. The van der Waals surface area contributed by atoms with Gasteiger partial charge < -0.3 is 5.32 Å². The van der Waals surface area contributed by atoms with Gasteiger partial charge in [0, 0.05) is 24.7 Å². The molecule has 3 heterocycles. The maximum atomic E-state index is 10.8. The summed E-state index contributed by atoms with van der Waals surface area (Å²) in [5, 5.41) is 23.2. The van der Waals surface area contributed by atoms with E-state index in [1.165, 1.54) is 25.3 Å². The van der Waals surface area contributed by atoms with E-state index in [0.717, 1.165) is 19.5 Å². The molecule has 7 nitrogen and oxygen atoms in total. The molecule has 1 aromatic rings. The molecule has 2 atom stereocenters. The minimum Gasteiger partial charge on any atom is -0.366 e. The van der Waals surface area contributed by atoms with Crippen LogP contribution in [-0.4, -0.2) is 40.0 Å². The lowest BCUT2D eigenvalue weighted by atomic mass is 9.99. The van der Waals surface area contributed by atoms with E-state index in [9.17, 15) is 10.1 Å². The van der Waals surface area contributed by atoms with Gasteiger partial charge in [-0.15, -0.1) is 0 Å². The lowest BCUT2D eigenvalue weighted by Crippen LogP contribution is -2.41. The fourth-order valence-electron chi connectivity index (χ4n) is 3.37. The number of nitriles is 1. The monoisotopic (exact) mass is 287 g/mol. The van der Waals surface area contributed by atoms with Crippen molar-refractivity contribution in [2.45, 2.75) is 37.8 Å². The number of pyridine rings is 1. The van der Waals surface area contributed by atoms with E-state index in [2.05, 4.69) is 15.2 Å². The van der Waals surface area contributed by atoms with Crippen molar-refractivity contribution >= 4 is 11.5 Å². The van der Waals surface area contributed by atoms with Crippen molar-refractivity contribution in [2.75, 3.05) is 18.4 Å². The number of piperidine rings is 1. The standard InChI is InChI=1S/C14H17N5O2/c15-9-11-13(19(20)21)4-5-14(17-11)16-10-6-8-18-7-2-1-3-12(10)18/h4-5,10,12H,1-3,6-8H2,(H,16,17). The van der Waals surface area contributed by atoms with E-state index in [-0.39, 0.29) is 11.4 Å². The zero-order chi connectivity index (χ0) is 14.8. The van der Waals surface area contributed by atoms with Crippen LogP contribution in [0.1, 0.15) is 31.4 Å². The van der Waals surface area contributed by atoms with Crippen molar-refractivity contribution in [2.24, 2.45) is 0 Å². The number of rotatable bonds is 3. The van der Waals surface area contributed by atoms with Gasteiger partial charge in [0.2, 0.25) is 5.69 Å². The fraction of sp³-hybridized carbons (Fsp3) is 0.571. The first kappa shape index (κ1) is 13.8. The Bertz CT molecular complexity index is 598. The molecule has 0 amide bonds. The van der Waals surface area contributed by atoms with E-state index < -0.39 is 4.92 Å². The molecule has 0 radical (unpaired) electrons. The van der Waals surface area contributed by atoms with Gasteiger partial charge in [0.25, 0.3) is 0 Å². The first-order valence-electron chi connectivity index (χ1n) is 7.25. The summed E-state index contributed by atoms with van der Waals surface area (Å²) in [6, 6.07) is 5.56. The molecule has 2 aliphatic heterocycles. The van der Waals surface area contributed by atoms with E-state index >= 15 is 0 Å². The van der Waals surface area contributed by atoms with Crippen molar-refractivity contribution in [3.05, 3.63) is 27.9 Å². The van der Waals surface area contributed by atoms with Gasteiger partial charge in [-0.25, -0.2) is 4.98 Å². The van der Waals surface area contributed by atoms with Gasteiger partial charge in [-0.05, 0) is 31.9 Å². The summed E-state index contributed by atoms with van der Waals surface area (Å²) < 4.78 is 0. The van der Waals surface area contributed by atoms with Crippen molar-refractivity contribution in [1.29, 1.82) is 5.26 Å². The maximum absolute atomic E-state index is 10.8. The maximum Gasteiger partial charge on any atom is 0.305 e. The second-order valence-electron chi connectivity index (χ2n) is 5.57. The van der Waals surface area contributed by atoms with E-state index in [0.29, 0.717) is 17.9 Å². The van der Waals surface area contributed by atoms with Crippen molar-refractivity contribution < 1.29 is 4.92 Å². The van der Waals surface area contributed by atoms with Gasteiger partial charge in [0.05, 0.1) is 4.92 Å². The summed E-state index contributed by atoms with van der Waals surface area (Å²) >= 11 is 0. The number of hydrogen-bond donors (Lipinski definition) is 1. The molecule has 2 unspecified atom stereocenters. The van der Waals surface area contributed by atoms with Crippen LogP contribution in [-0.2, 0) is 0 Å². The predicted molar refractivity (Wildman–Crippen MR) is 76.8 cm³/mol. The van der Waals surface area contributed by atoms with Crippen LogP contribution < -0.4 is 5.32 Å². The molecule has 0 saturated carbocycles. The largest absolute Gasteiger partial charge is 0.366 e. The summed E-state index contributed by atoms with van der Waals surface area (Å²) in [6.07, 6.45) is 4.73. The minimum absolute atomic E-state index is 0.136. The third-order valence-corrected chi connectivity index (χ3v) is 4.37. The fourth-order valence-corrected chi connectivity index (χ4v) is 3.37. The number of fused-ring (bicyclic) bond motifs is 1. The average Bonchev–Trinajstić information content (AvgIpc) is 2.90. The summed E-state index contributed by atoms with van der Waals surface area (Å²) in [5.74, 6) is 0.551. The quantitative estimate of drug-likeness (QED) is 0.674. The lowest BCUT2D eigenvalue weighted by Gasteiger charge is -2.32. The zero-order valence-corrected chi connectivity index (χ0v) is 11.7. The number of nitrogens with zero attached hydrogens (tertiary/aromatic N) is 4. The molecule has 0 spiro atoms. The molecule has 2 fully saturated rings. The van der Waals surface area contributed by atoms with Gasteiger partial charge in [0.1, 0.15) is 11.9 Å². The molecule has 21 heavy (non-hydrogen) atoms. The molecular formula is C14H17N5O2. The molecule has 3 rings (SSSR count). The number of anilines is 1. The third-order valence-electron chi connectivity index (χ3n) is 4.37. The Morgan fingerprint density at radius 1 is 1.38 bits per heavy atom. The highest BCUT2D eigenvalue weighted by atomic mass is 16.6. The molecule has 7 heteroatoms. The highest BCUT2D eigenvalue weighted by molar-refractivity contribution is 5.50. The Hall–Kier alpha value is -2.20. The second-order valence-corrected chi connectivity index (χ2v) is 5.57. The van der Waals surface area contributed by atoms with Crippen LogP contribution in [0.2, 0.25) is 0 Å². The van der Waals surface area contributed by atoms with Gasteiger partial charge in [0.15, 0.2) is 0 Å². The Kier molecular flexibility index (Phi) is 3.71. The third kappa shape index (κ3) is 2.67. The van der Waals surface area contributed by atoms with Gasteiger partial charge >= 0.3 is 5.69 Å². The van der Waals surface area contributed by atoms with Crippen LogP contribution in [0.5, 0.6) is 0 Å². The van der Waals surface area contributed by atoms with Crippen LogP contribution in [0.4, 0.5) is 11.5 Å². The average molecular weight is 287 g/mol. The van der Waals surface area contributed by atoms with Crippen LogP contribution in [0, 0.1) is 21.4 Å². The van der Waals surface area contributed by atoms with E-state index in [1.807, 2.05) is 0 Å².